The maximum absolute atomic E-state index is 12.3. The zero-order valence-electron chi connectivity index (χ0n) is 27.1. The summed E-state index contributed by atoms with van der Waals surface area (Å²) in [5, 5.41) is 2.72. The number of carbonyl (C=O) groups excluding carboxylic acids is 3. The van der Waals surface area contributed by atoms with E-state index in [4.69, 9.17) is 33.2 Å². The number of fused-ring (bicyclic) bond motifs is 3. The number of rotatable bonds is 16. The average Bonchev–Trinajstić information content (AvgIpc) is 3.46. The molecule has 0 spiro atoms. The molecule has 49 heavy (non-hydrogen) atoms. The van der Waals surface area contributed by atoms with Gasteiger partial charge in [-0.2, -0.15) is 0 Å². The molecule has 1 N–H and O–H groups in total. The van der Waals surface area contributed by atoms with Crippen LogP contribution in [0.5, 0.6) is 5.75 Å². The van der Waals surface area contributed by atoms with Gasteiger partial charge in [0.1, 0.15) is 19.0 Å². The molecule has 5 rings (SSSR count). The van der Waals surface area contributed by atoms with Gasteiger partial charge in [0.2, 0.25) is 6.29 Å². The molecule has 1 saturated heterocycles. The van der Waals surface area contributed by atoms with Crippen LogP contribution in [0.15, 0.2) is 66.7 Å². The largest absolute Gasteiger partial charge is 0.467 e. The number of esters is 1. The second-order valence-electron chi connectivity index (χ2n) is 10.8. The van der Waals surface area contributed by atoms with Crippen LogP contribution in [0.2, 0.25) is 0 Å². The van der Waals surface area contributed by atoms with E-state index in [9.17, 15) is 14.4 Å². The van der Waals surface area contributed by atoms with Crippen molar-refractivity contribution in [3.63, 3.8) is 0 Å². The second-order valence-corrected chi connectivity index (χ2v) is 10.8. The summed E-state index contributed by atoms with van der Waals surface area (Å²) >= 11 is 0. The van der Waals surface area contributed by atoms with Crippen molar-refractivity contribution in [1.29, 1.82) is 0 Å². The molecule has 11 heteroatoms. The van der Waals surface area contributed by atoms with Gasteiger partial charge >= 0.3 is 12.1 Å². The third-order valence-corrected chi connectivity index (χ3v) is 7.66. The van der Waals surface area contributed by atoms with Gasteiger partial charge in [-0.15, -0.1) is 0 Å². The topological polar surface area (TPSA) is 128 Å². The first-order valence-corrected chi connectivity index (χ1v) is 15.9. The summed E-state index contributed by atoms with van der Waals surface area (Å²) < 4.78 is 38.1. The fourth-order valence-electron chi connectivity index (χ4n) is 5.32. The lowest BCUT2D eigenvalue weighted by Gasteiger charge is -2.28. The quantitative estimate of drug-likeness (QED) is 0.102. The number of nitrogens with one attached hydrogen (secondary N) is 1. The van der Waals surface area contributed by atoms with Crippen LogP contribution in [0.3, 0.4) is 0 Å². The van der Waals surface area contributed by atoms with E-state index >= 15 is 0 Å². The molecule has 2 atom stereocenters. The molecule has 1 amide bonds. The van der Waals surface area contributed by atoms with Gasteiger partial charge in [-0.3, -0.25) is 4.79 Å². The maximum atomic E-state index is 12.3. The molecule has 0 aromatic heterocycles. The number of alkyl carbamates (subject to hydrolysis) is 1. The van der Waals surface area contributed by atoms with Crippen LogP contribution in [0, 0.1) is 31.1 Å². The van der Waals surface area contributed by atoms with E-state index in [0.717, 1.165) is 0 Å². The average molecular weight is 669 g/mol. The zero-order chi connectivity index (χ0) is 34.3. The summed E-state index contributed by atoms with van der Waals surface area (Å²) in [6.07, 6.45) is 3.21. The van der Waals surface area contributed by atoms with Crippen LogP contribution in [-0.4, -0.2) is 90.6 Å². The van der Waals surface area contributed by atoms with Crippen LogP contribution in [0.25, 0.3) is 11.1 Å². The molecule has 1 aliphatic carbocycles. The molecule has 3 radical (unpaired) electrons. The van der Waals surface area contributed by atoms with Crippen LogP contribution >= 0.6 is 0 Å². The summed E-state index contributed by atoms with van der Waals surface area (Å²) in [6, 6.07) is 21.3. The molecule has 1 aliphatic heterocycles. The van der Waals surface area contributed by atoms with Gasteiger partial charge in [0.05, 0.1) is 45.7 Å². The molecule has 0 bridgehead atoms. The molecular weight excluding hydrogens is 630 g/mol. The van der Waals surface area contributed by atoms with Crippen molar-refractivity contribution < 1.29 is 47.5 Å². The van der Waals surface area contributed by atoms with Crippen molar-refractivity contribution in [2.45, 2.75) is 18.3 Å². The summed E-state index contributed by atoms with van der Waals surface area (Å²) in [7, 11) is 1.27. The van der Waals surface area contributed by atoms with Gasteiger partial charge in [0, 0.05) is 30.9 Å². The van der Waals surface area contributed by atoms with E-state index < -0.39 is 24.5 Å². The summed E-state index contributed by atoms with van der Waals surface area (Å²) in [5.41, 5.74) is 5.64. The minimum Gasteiger partial charge on any atom is -0.467 e. The Morgan fingerprint density at radius 2 is 1.57 bits per heavy atom. The Bertz CT molecular complexity index is 1580. The highest BCUT2D eigenvalue weighted by Crippen LogP contribution is 2.44. The lowest BCUT2D eigenvalue weighted by molar-refractivity contribution is -0.165. The highest BCUT2D eigenvalue weighted by molar-refractivity contribution is 5.80. The van der Waals surface area contributed by atoms with E-state index in [2.05, 4.69) is 41.4 Å². The van der Waals surface area contributed by atoms with E-state index in [1.807, 2.05) is 24.3 Å². The number of hydrogen-bond donors (Lipinski definition) is 1. The van der Waals surface area contributed by atoms with Gasteiger partial charge in [0.15, 0.2) is 12.4 Å². The Kier molecular flexibility index (Phi) is 13.6. The van der Waals surface area contributed by atoms with Crippen molar-refractivity contribution in [3.8, 4) is 28.7 Å². The van der Waals surface area contributed by atoms with Crippen molar-refractivity contribution >= 4 is 18.3 Å². The lowest BCUT2D eigenvalue weighted by Crippen LogP contribution is -2.38. The van der Waals surface area contributed by atoms with E-state index in [1.54, 1.807) is 37.5 Å². The van der Waals surface area contributed by atoms with Crippen LogP contribution < -0.4 is 10.1 Å². The smallest absolute Gasteiger partial charge is 0.407 e. The summed E-state index contributed by atoms with van der Waals surface area (Å²) in [6.45, 7) is 2.56. The molecular formula is C38H38NO10. The number of methoxy groups -OCH3 is 1. The van der Waals surface area contributed by atoms with Crippen LogP contribution in [0.1, 0.15) is 33.0 Å². The molecule has 0 saturated carbocycles. The second kappa shape index (κ2) is 18.7. The third-order valence-electron chi connectivity index (χ3n) is 7.66. The summed E-state index contributed by atoms with van der Waals surface area (Å²) in [5.74, 6) is 5.62. The van der Waals surface area contributed by atoms with Gasteiger partial charge in [-0.25, -0.2) is 9.59 Å². The van der Waals surface area contributed by atoms with Gasteiger partial charge in [-0.1, -0.05) is 60.4 Å². The minimum absolute atomic E-state index is 0.0162. The van der Waals surface area contributed by atoms with Crippen LogP contribution in [0.4, 0.5) is 4.79 Å². The maximum Gasteiger partial charge on any atom is 0.407 e. The molecule has 1 fully saturated rings. The van der Waals surface area contributed by atoms with Crippen molar-refractivity contribution in [2.75, 3.05) is 59.9 Å². The van der Waals surface area contributed by atoms with Gasteiger partial charge in [-0.05, 0) is 46.9 Å². The number of benzene rings is 3. The number of amides is 1. The molecule has 3 aromatic rings. The van der Waals surface area contributed by atoms with Crippen molar-refractivity contribution in [2.24, 2.45) is 0 Å². The van der Waals surface area contributed by atoms with E-state index in [-0.39, 0.29) is 24.9 Å². The minimum atomic E-state index is -0.900. The first-order valence-electron chi connectivity index (χ1n) is 15.9. The molecule has 11 nitrogen and oxygen atoms in total. The van der Waals surface area contributed by atoms with Gasteiger partial charge < -0.3 is 38.5 Å². The van der Waals surface area contributed by atoms with Crippen molar-refractivity contribution in [1.82, 2.24) is 5.32 Å². The highest BCUT2D eigenvalue weighted by Gasteiger charge is 2.31. The Morgan fingerprint density at radius 1 is 0.878 bits per heavy atom. The van der Waals surface area contributed by atoms with Crippen molar-refractivity contribution in [3.05, 3.63) is 108 Å². The highest BCUT2D eigenvalue weighted by atomic mass is 16.7. The fourth-order valence-corrected chi connectivity index (χ4v) is 5.32. The Labute approximate surface area is 286 Å². The standard InChI is InChI=1S/C38H38NO10/c1-43-37(41)34-13-6-14-36(48-34)49-35-24-27(15-16-28(35)25-40)8-7-18-44-20-22-46-23-21-45-19-17-39-38(42)47-26-33-31-11-4-2-9-29(31)30-10-3-5-12-32(30)33/h2-6,9-16,24-25,33-34,36H,17-23,26H2,1H3,(H,39,42)/t34-,36-/m0/s1. The first-order chi connectivity index (χ1) is 24.1. The van der Waals surface area contributed by atoms with E-state index in [0.29, 0.717) is 57.0 Å². The lowest BCUT2D eigenvalue weighted by atomic mass is 9.98. The Morgan fingerprint density at radius 3 is 2.29 bits per heavy atom. The molecule has 1 heterocycles. The number of carbonyl (C=O) groups is 3. The number of ether oxygens (including phenoxy) is 7. The Hall–Kier alpha value is -4.73. The monoisotopic (exact) mass is 668 g/mol. The summed E-state index contributed by atoms with van der Waals surface area (Å²) in [4.78, 5) is 35.5. The Balaban J connectivity index is 0.897. The first kappa shape index (κ1) is 35.6. The molecule has 255 valence electrons. The van der Waals surface area contributed by atoms with Gasteiger partial charge in [0.25, 0.3) is 0 Å². The van der Waals surface area contributed by atoms with Crippen LogP contribution in [-0.2, 0) is 33.2 Å². The molecule has 3 aromatic carbocycles. The zero-order valence-corrected chi connectivity index (χ0v) is 27.1. The molecule has 0 unspecified atom stereocenters. The SMILES string of the molecule is COC(=O)[C@@H]1[CH][CH][CH][C@H](Oc2cc(C#CCOCCOCCOCCNC(=O)OCC3c4ccccc4-c4ccccc43)ccc2C=O)O1. The third kappa shape index (κ3) is 10.1. The number of aldehydes is 1. The predicted octanol–water partition coefficient (Wildman–Crippen LogP) is 4.33. The normalized spacial score (nSPS) is 16.4. The molecule has 2 aliphatic rings. The predicted molar refractivity (Wildman–Crippen MR) is 178 cm³/mol. The number of hydrogen-bond acceptors (Lipinski definition) is 10. The fraction of sp³-hybridized carbons (Fsp3) is 0.316. The van der Waals surface area contributed by atoms with E-state index in [1.165, 1.54) is 29.4 Å².